The Kier molecular flexibility index (Phi) is 7.10. The van der Waals surface area contributed by atoms with Gasteiger partial charge in [0.2, 0.25) is 0 Å². The van der Waals surface area contributed by atoms with Crippen LogP contribution in [0.5, 0.6) is 5.75 Å². The summed E-state index contributed by atoms with van der Waals surface area (Å²) in [4.78, 5) is 33.8. The summed E-state index contributed by atoms with van der Waals surface area (Å²) in [6.07, 6.45) is 2.49. The van der Waals surface area contributed by atoms with Crippen molar-refractivity contribution in [2.24, 2.45) is 0 Å². The second-order valence-electron chi connectivity index (χ2n) is 7.73. The average Bonchev–Trinajstić information content (AvgIpc) is 3.10. The molecule has 170 valence electrons. The number of halogens is 1. The molecule has 7 nitrogen and oxygen atoms in total. The van der Waals surface area contributed by atoms with Crippen LogP contribution < -0.4 is 15.0 Å². The number of amides is 2. The molecule has 0 aliphatic carbocycles. The van der Waals surface area contributed by atoms with Gasteiger partial charge in [-0.25, -0.2) is 4.98 Å². The number of hydrogen-bond acceptors (Lipinski definition) is 5. The molecule has 0 saturated carbocycles. The number of ether oxygens (including phenoxy) is 1. The zero-order chi connectivity index (χ0) is 23.2. The summed E-state index contributed by atoms with van der Waals surface area (Å²) < 4.78 is 5.12. The molecule has 2 aromatic carbocycles. The van der Waals surface area contributed by atoms with Gasteiger partial charge >= 0.3 is 0 Å². The number of nitrogens with zero attached hydrogens (tertiary/aromatic N) is 3. The monoisotopic (exact) mass is 464 g/mol. The number of methoxy groups -OCH3 is 1. The largest absolute Gasteiger partial charge is 0.497 e. The zero-order valence-corrected chi connectivity index (χ0v) is 19.1. The molecule has 1 fully saturated rings. The lowest BCUT2D eigenvalue weighted by Crippen LogP contribution is -2.35. The second kappa shape index (κ2) is 10.4. The van der Waals surface area contributed by atoms with Crippen molar-refractivity contribution >= 4 is 34.9 Å². The van der Waals surface area contributed by atoms with Gasteiger partial charge in [-0.2, -0.15) is 0 Å². The van der Waals surface area contributed by atoms with Crippen molar-refractivity contribution in [3.63, 3.8) is 0 Å². The molecule has 1 aromatic heterocycles. The normalized spacial score (nSPS) is 13.9. The summed E-state index contributed by atoms with van der Waals surface area (Å²) in [5.41, 5.74) is 1.76. The van der Waals surface area contributed by atoms with Gasteiger partial charge in [0, 0.05) is 42.3 Å². The van der Waals surface area contributed by atoms with E-state index in [1.807, 2.05) is 17.0 Å². The molecule has 1 saturated heterocycles. The summed E-state index contributed by atoms with van der Waals surface area (Å²) in [6.45, 7) is 2.75. The maximum absolute atomic E-state index is 12.8. The number of carbonyl (C=O) groups is 2. The third kappa shape index (κ3) is 5.62. The van der Waals surface area contributed by atoms with Crippen molar-refractivity contribution in [2.45, 2.75) is 6.42 Å². The van der Waals surface area contributed by atoms with Gasteiger partial charge in [-0.3, -0.25) is 9.59 Å². The van der Waals surface area contributed by atoms with Crippen molar-refractivity contribution in [2.75, 3.05) is 43.5 Å². The average molecular weight is 465 g/mol. The first kappa shape index (κ1) is 22.6. The summed E-state index contributed by atoms with van der Waals surface area (Å²) >= 11 is 6.04. The van der Waals surface area contributed by atoms with Gasteiger partial charge in [-0.15, -0.1) is 0 Å². The van der Waals surface area contributed by atoms with Crippen LogP contribution in [0.2, 0.25) is 5.02 Å². The van der Waals surface area contributed by atoms with Crippen LogP contribution >= 0.6 is 11.6 Å². The molecule has 0 radical (unpaired) electrons. The van der Waals surface area contributed by atoms with Crippen molar-refractivity contribution in [3.8, 4) is 5.75 Å². The molecular formula is C25H25ClN4O3. The Morgan fingerprint density at radius 1 is 0.970 bits per heavy atom. The number of nitrogens with one attached hydrogen (secondary N) is 1. The van der Waals surface area contributed by atoms with E-state index in [1.165, 1.54) is 0 Å². The van der Waals surface area contributed by atoms with Crippen LogP contribution in [0.4, 0.5) is 11.5 Å². The van der Waals surface area contributed by atoms with Gasteiger partial charge < -0.3 is 19.9 Å². The zero-order valence-electron chi connectivity index (χ0n) is 18.3. The first-order valence-corrected chi connectivity index (χ1v) is 11.1. The highest BCUT2D eigenvalue weighted by atomic mass is 35.5. The summed E-state index contributed by atoms with van der Waals surface area (Å²) in [7, 11) is 1.58. The number of aromatic nitrogens is 1. The summed E-state index contributed by atoms with van der Waals surface area (Å²) in [6, 6.07) is 17.7. The highest BCUT2D eigenvalue weighted by Gasteiger charge is 2.21. The van der Waals surface area contributed by atoms with Gasteiger partial charge in [-0.05, 0) is 61.0 Å². The molecule has 8 heteroatoms. The highest BCUT2D eigenvalue weighted by Crippen LogP contribution is 2.19. The van der Waals surface area contributed by atoms with Crippen LogP contribution in [0.3, 0.4) is 0 Å². The van der Waals surface area contributed by atoms with E-state index < -0.39 is 0 Å². The molecule has 1 aliphatic rings. The van der Waals surface area contributed by atoms with E-state index in [-0.39, 0.29) is 11.8 Å². The van der Waals surface area contributed by atoms with Gasteiger partial charge in [0.05, 0.1) is 19.0 Å². The molecule has 4 rings (SSSR count). The number of benzene rings is 2. The van der Waals surface area contributed by atoms with Crippen molar-refractivity contribution in [1.29, 1.82) is 0 Å². The Labute approximate surface area is 197 Å². The number of hydrogen-bond donors (Lipinski definition) is 1. The molecule has 33 heavy (non-hydrogen) atoms. The summed E-state index contributed by atoms with van der Waals surface area (Å²) in [5, 5.41) is 3.41. The van der Waals surface area contributed by atoms with Crippen molar-refractivity contribution in [1.82, 2.24) is 9.88 Å². The van der Waals surface area contributed by atoms with E-state index in [0.717, 1.165) is 18.8 Å². The molecule has 1 aliphatic heterocycles. The van der Waals surface area contributed by atoms with Gasteiger partial charge in [0.25, 0.3) is 11.8 Å². The predicted octanol–water partition coefficient (Wildman–Crippen LogP) is 4.35. The third-order valence-corrected chi connectivity index (χ3v) is 5.77. The fourth-order valence-corrected chi connectivity index (χ4v) is 3.94. The van der Waals surface area contributed by atoms with E-state index in [0.29, 0.717) is 47.2 Å². The third-order valence-electron chi connectivity index (χ3n) is 5.54. The van der Waals surface area contributed by atoms with Crippen LogP contribution in [-0.2, 0) is 0 Å². The molecule has 0 spiro atoms. The Morgan fingerprint density at radius 2 is 1.79 bits per heavy atom. The molecule has 2 amide bonds. The lowest BCUT2D eigenvalue weighted by Gasteiger charge is -2.23. The lowest BCUT2D eigenvalue weighted by atomic mass is 10.2. The lowest BCUT2D eigenvalue weighted by molar-refractivity contribution is 0.0767. The van der Waals surface area contributed by atoms with Crippen LogP contribution in [0.25, 0.3) is 0 Å². The minimum absolute atomic E-state index is 0.0103. The fourth-order valence-electron chi connectivity index (χ4n) is 3.75. The Balaban J connectivity index is 1.35. The van der Waals surface area contributed by atoms with E-state index in [2.05, 4.69) is 15.2 Å². The minimum Gasteiger partial charge on any atom is -0.497 e. The quantitative estimate of drug-likeness (QED) is 0.607. The molecule has 0 bridgehead atoms. The van der Waals surface area contributed by atoms with Crippen LogP contribution in [0.1, 0.15) is 27.1 Å². The van der Waals surface area contributed by atoms with E-state index >= 15 is 0 Å². The maximum Gasteiger partial charge on any atom is 0.255 e. The molecule has 3 aromatic rings. The first-order valence-electron chi connectivity index (χ1n) is 10.7. The van der Waals surface area contributed by atoms with Gasteiger partial charge in [0.1, 0.15) is 11.6 Å². The molecule has 0 atom stereocenters. The van der Waals surface area contributed by atoms with Crippen molar-refractivity contribution < 1.29 is 14.3 Å². The van der Waals surface area contributed by atoms with Gasteiger partial charge in [-0.1, -0.05) is 17.7 Å². The molecule has 2 heterocycles. The number of pyridine rings is 1. The van der Waals surface area contributed by atoms with Gasteiger partial charge in [0.15, 0.2) is 0 Å². The molecule has 1 N–H and O–H groups in total. The fraction of sp³-hybridized carbons (Fsp3) is 0.240. The Hall–Kier alpha value is -3.58. The van der Waals surface area contributed by atoms with E-state index in [1.54, 1.807) is 61.8 Å². The van der Waals surface area contributed by atoms with E-state index in [9.17, 15) is 9.59 Å². The standard InChI is InChI=1S/C25H25ClN4O3/c1-33-22-9-6-18(7-10-22)24(31)28-21-8-11-23(27-17-21)29-12-3-13-30(15-14-29)25(32)19-4-2-5-20(26)16-19/h2,4-11,16-17H,3,12-15H2,1H3,(H,28,31). The predicted molar refractivity (Wildman–Crippen MR) is 129 cm³/mol. The topological polar surface area (TPSA) is 74.8 Å². The van der Waals surface area contributed by atoms with E-state index in [4.69, 9.17) is 16.3 Å². The number of anilines is 2. The maximum atomic E-state index is 12.8. The first-order chi connectivity index (χ1) is 16.0. The Morgan fingerprint density at radius 3 is 2.48 bits per heavy atom. The van der Waals surface area contributed by atoms with Crippen LogP contribution in [0, 0.1) is 0 Å². The summed E-state index contributed by atoms with van der Waals surface area (Å²) in [5.74, 6) is 1.29. The highest BCUT2D eigenvalue weighted by molar-refractivity contribution is 6.30. The Bertz CT molecular complexity index is 1120. The smallest absolute Gasteiger partial charge is 0.255 e. The molecule has 0 unspecified atom stereocenters. The van der Waals surface area contributed by atoms with Crippen LogP contribution in [-0.4, -0.2) is 55.0 Å². The number of rotatable bonds is 5. The van der Waals surface area contributed by atoms with Crippen molar-refractivity contribution in [3.05, 3.63) is 83.0 Å². The SMILES string of the molecule is COc1ccc(C(=O)Nc2ccc(N3CCCN(C(=O)c4cccc(Cl)c4)CC3)nc2)cc1. The number of carbonyl (C=O) groups excluding carboxylic acids is 2. The molecular weight excluding hydrogens is 440 g/mol. The second-order valence-corrected chi connectivity index (χ2v) is 8.17. The minimum atomic E-state index is -0.211. The van der Waals surface area contributed by atoms with Crippen LogP contribution in [0.15, 0.2) is 66.9 Å².